The summed E-state index contributed by atoms with van der Waals surface area (Å²) >= 11 is 0. The minimum atomic E-state index is 0.288. The summed E-state index contributed by atoms with van der Waals surface area (Å²) < 4.78 is 5.98. The Morgan fingerprint density at radius 2 is 2.00 bits per heavy atom. The zero-order valence-electron chi connectivity index (χ0n) is 14.3. The molecule has 0 saturated carbocycles. The topological polar surface area (TPSA) is 24.5 Å². The van der Waals surface area contributed by atoms with Gasteiger partial charge in [0.05, 0.1) is 12.2 Å². The van der Waals surface area contributed by atoms with Crippen LogP contribution >= 0.6 is 0 Å². The average molecular weight is 310 g/mol. The van der Waals surface area contributed by atoms with E-state index in [9.17, 15) is 0 Å². The number of likely N-dealkylation sites (N-methyl/N-ethyl adjacent to an activating group) is 1. The summed E-state index contributed by atoms with van der Waals surface area (Å²) in [5.74, 6) is 0.982. The predicted molar refractivity (Wildman–Crippen MR) is 97.6 cm³/mol. The van der Waals surface area contributed by atoms with Gasteiger partial charge in [0, 0.05) is 18.8 Å². The lowest BCUT2D eigenvalue weighted by atomic mass is 10.0. The zero-order valence-corrected chi connectivity index (χ0v) is 14.3. The molecule has 0 spiro atoms. The second-order valence-corrected chi connectivity index (χ2v) is 6.36. The highest BCUT2D eigenvalue weighted by atomic mass is 16.5. The van der Waals surface area contributed by atoms with Gasteiger partial charge in [-0.1, -0.05) is 31.2 Å². The molecule has 1 aliphatic heterocycles. The molecule has 3 heteroatoms. The standard InChI is InChI=1S/C20H26N2O/c1-4-18-14-21-19-13-16(10-11-20(19)23-18)12-15(2)22(3)17-8-6-5-7-9-17/h5-11,13,15,18,21H,4,12,14H2,1-3H3. The van der Waals surface area contributed by atoms with Crippen molar-refractivity contribution in [1.29, 1.82) is 0 Å². The van der Waals surface area contributed by atoms with Crippen molar-refractivity contribution in [2.75, 3.05) is 23.8 Å². The highest BCUT2D eigenvalue weighted by Crippen LogP contribution is 2.31. The summed E-state index contributed by atoms with van der Waals surface area (Å²) in [5.41, 5.74) is 3.72. The molecule has 3 nitrogen and oxygen atoms in total. The fraction of sp³-hybridized carbons (Fsp3) is 0.400. The second kappa shape index (κ2) is 6.95. The molecule has 1 heterocycles. The lowest BCUT2D eigenvalue weighted by Gasteiger charge is -2.29. The summed E-state index contributed by atoms with van der Waals surface area (Å²) in [6.07, 6.45) is 2.33. The van der Waals surface area contributed by atoms with Crippen molar-refractivity contribution in [2.45, 2.75) is 38.8 Å². The van der Waals surface area contributed by atoms with Gasteiger partial charge in [0.1, 0.15) is 11.9 Å². The Balaban J connectivity index is 1.69. The number of anilines is 2. The molecule has 0 aliphatic carbocycles. The summed E-state index contributed by atoms with van der Waals surface area (Å²) in [5, 5.41) is 3.50. The molecule has 2 atom stereocenters. The number of nitrogens with one attached hydrogen (secondary N) is 1. The van der Waals surface area contributed by atoms with Crippen LogP contribution in [0.3, 0.4) is 0 Å². The molecule has 0 fully saturated rings. The first kappa shape index (κ1) is 15.7. The summed E-state index contributed by atoms with van der Waals surface area (Å²) in [4.78, 5) is 2.33. The van der Waals surface area contributed by atoms with Crippen LogP contribution in [0.1, 0.15) is 25.8 Å². The van der Waals surface area contributed by atoms with Gasteiger partial charge in [0.25, 0.3) is 0 Å². The minimum absolute atomic E-state index is 0.288. The van der Waals surface area contributed by atoms with E-state index in [4.69, 9.17) is 4.74 Å². The third kappa shape index (κ3) is 3.61. The number of fused-ring (bicyclic) bond motifs is 1. The number of hydrogen-bond acceptors (Lipinski definition) is 3. The summed E-state index contributed by atoms with van der Waals surface area (Å²) in [7, 11) is 2.16. The Morgan fingerprint density at radius 1 is 1.22 bits per heavy atom. The van der Waals surface area contributed by atoms with Gasteiger partial charge in [-0.25, -0.2) is 0 Å². The monoisotopic (exact) mass is 310 g/mol. The van der Waals surface area contributed by atoms with Crippen molar-refractivity contribution < 1.29 is 4.74 Å². The maximum absolute atomic E-state index is 5.98. The molecule has 0 saturated heterocycles. The first-order valence-corrected chi connectivity index (χ1v) is 8.48. The van der Waals surface area contributed by atoms with E-state index in [0.29, 0.717) is 6.04 Å². The van der Waals surface area contributed by atoms with E-state index in [1.807, 2.05) is 0 Å². The molecular weight excluding hydrogens is 284 g/mol. The van der Waals surface area contributed by atoms with Gasteiger partial charge in [0.2, 0.25) is 0 Å². The molecule has 0 aromatic heterocycles. The Labute approximate surface area is 139 Å². The molecule has 3 rings (SSSR count). The number of nitrogens with zero attached hydrogens (tertiary/aromatic N) is 1. The van der Waals surface area contributed by atoms with Gasteiger partial charge in [-0.05, 0) is 49.6 Å². The van der Waals surface area contributed by atoms with Crippen LogP contribution in [0.15, 0.2) is 48.5 Å². The van der Waals surface area contributed by atoms with Gasteiger partial charge in [-0.2, -0.15) is 0 Å². The normalized spacial score (nSPS) is 17.6. The number of rotatable bonds is 5. The minimum Gasteiger partial charge on any atom is -0.486 e. The molecule has 0 radical (unpaired) electrons. The highest BCUT2D eigenvalue weighted by Gasteiger charge is 2.18. The largest absolute Gasteiger partial charge is 0.486 e. The quantitative estimate of drug-likeness (QED) is 0.889. The average Bonchev–Trinajstić information content (AvgIpc) is 2.61. The van der Waals surface area contributed by atoms with Crippen molar-refractivity contribution in [2.24, 2.45) is 0 Å². The van der Waals surface area contributed by atoms with Gasteiger partial charge in [-0.3, -0.25) is 0 Å². The van der Waals surface area contributed by atoms with Crippen LogP contribution in [-0.4, -0.2) is 25.7 Å². The lowest BCUT2D eigenvalue weighted by molar-refractivity contribution is 0.202. The van der Waals surface area contributed by atoms with Gasteiger partial charge >= 0.3 is 0 Å². The molecule has 1 N–H and O–H groups in total. The van der Waals surface area contributed by atoms with E-state index >= 15 is 0 Å². The fourth-order valence-corrected chi connectivity index (χ4v) is 3.01. The smallest absolute Gasteiger partial charge is 0.142 e. The SMILES string of the molecule is CCC1CNc2cc(CC(C)N(C)c3ccccc3)ccc2O1. The van der Waals surface area contributed by atoms with E-state index in [1.54, 1.807) is 0 Å². The van der Waals surface area contributed by atoms with Crippen LogP contribution in [0.5, 0.6) is 5.75 Å². The van der Waals surface area contributed by atoms with Crippen molar-refractivity contribution in [3.63, 3.8) is 0 Å². The van der Waals surface area contributed by atoms with Crippen LogP contribution in [0.2, 0.25) is 0 Å². The zero-order chi connectivity index (χ0) is 16.2. The number of ether oxygens (including phenoxy) is 1. The van der Waals surface area contributed by atoms with Gasteiger partial charge < -0.3 is 15.0 Å². The summed E-state index contributed by atoms with van der Waals surface area (Å²) in [6.45, 7) is 5.32. The van der Waals surface area contributed by atoms with Crippen molar-refractivity contribution >= 4 is 11.4 Å². The van der Waals surface area contributed by atoms with Crippen LogP contribution in [0.4, 0.5) is 11.4 Å². The van der Waals surface area contributed by atoms with Crippen molar-refractivity contribution in [3.05, 3.63) is 54.1 Å². The second-order valence-electron chi connectivity index (χ2n) is 6.36. The molecule has 23 heavy (non-hydrogen) atoms. The number of para-hydroxylation sites is 1. The molecule has 1 aliphatic rings. The molecule has 2 aromatic carbocycles. The fourth-order valence-electron chi connectivity index (χ4n) is 3.01. The maximum Gasteiger partial charge on any atom is 0.142 e. The molecular formula is C20H26N2O. The van der Waals surface area contributed by atoms with Gasteiger partial charge in [-0.15, -0.1) is 0 Å². The Kier molecular flexibility index (Phi) is 4.75. The third-order valence-corrected chi connectivity index (χ3v) is 4.67. The van der Waals surface area contributed by atoms with E-state index < -0.39 is 0 Å². The van der Waals surface area contributed by atoms with Crippen molar-refractivity contribution in [1.82, 2.24) is 0 Å². The van der Waals surface area contributed by atoms with Crippen LogP contribution in [0.25, 0.3) is 0 Å². The first-order chi connectivity index (χ1) is 11.2. The number of benzene rings is 2. The molecule has 122 valence electrons. The van der Waals surface area contributed by atoms with E-state index in [2.05, 4.69) is 79.6 Å². The predicted octanol–water partition coefficient (Wildman–Crippen LogP) is 4.34. The number of hydrogen-bond donors (Lipinski definition) is 1. The summed E-state index contributed by atoms with van der Waals surface area (Å²) in [6, 6.07) is 17.5. The first-order valence-electron chi connectivity index (χ1n) is 8.48. The Bertz CT molecular complexity index is 641. The van der Waals surface area contributed by atoms with E-state index in [0.717, 1.165) is 30.8 Å². The van der Waals surface area contributed by atoms with Gasteiger partial charge in [0.15, 0.2) is 0 Å². The van der Waals surface area contributed by atoms with E-state index in [1.165, 1.54) is 11.3 Å². The maximum atomic E-state index is 5.98. The van der Waals surface area contributed by atoms with E-state index in [-0.39, 0.29) is 6.10 Å². The third-order valence-electron chi connectivity index (χ3n) is 4.67. The van der Waals surface area contributed by atoms with Crippen LogP contribution in [-0.2, 0) is 6.42 Å². The molecule has 2 unspecified atom stereocenters. The molecule has 0 bridgehead atoms. The molecule has 0 amide bonds. The Hall–Kier alpha value is -2.16. The molecule has 2 aromatic rings. The van der Waals surface area contributed by atoms with Crippen molar-refractivity contribution in [3.8, 4) is 5.75 Å². The lowest BCUT2D eigenvalue weighted by Crippen LogP contribution is -2.31. The highest BCUT2D eigenvalue weighted by molar-refractivity contribution is 5.60. The Morgan fingerprint density at radius 3 is 2.74 bits per heavy atom. The van der Waals surface area contributed by atoms with Crippen LogP contribution < -0.4 is 15.0 Å². The van der Waals surface area contributed by atoms with Crippen LogP contribution in [0, 0.1) is 0 Å².